The molecule has 0 bridgehead atoms. The molecule has 1 atom stereocenters. The van der Waals surface area contributed by atoms with Crippen LogP contribution in [0.3, 0.4) is 0 Å². The Morgan fingerprint density at radius 1 is 1.10 bits per heavy atom. The van der Waals surface area contributed by atoms with Crippen molar-refractivity contribution < 1.29 is 4.39 Å². The van der Waals surface area contributed by atoms with Gasteiger partial charge in [0.1, 0.15) is 5.82 Å². The lowest BCUT2D eigenvalue weighted by atomic mass is 10.1. The van der Waals surface area contributed by atoms with Crippen LogP contribution in [0.25, 0.3) is 0 Å². The molecule has 2 aromatic rings. The van der Waals surface area contributed by atoms with Gasteiger partial charge in [-0.2, -0.15) is 0 Å². The number of benzene rings is 2. The van der Waals surface area contributed by atoms with Crippen LogP contribution < -0.4 is 11.3 Å². The van der Waals surface area contributed by atoms with Gasteiger partial charge in [-0.1, -0.05) is 47.5 Å². The number of halogens is 3. The van der Waals surface area contributed by atoms with E-state index in [9.17, 15) is 4.39 Å². The van der Waals surface area contributed by atoms with E-state index in [-0.39, 0.29) is 16.9 Å². The average molecular weight is 345 g/mol. The van der Waals surface area contributed by atoms with Crippen molar-refractivity contribution in [2.24, 2.45) is 5.84 Å². The van der Waals surface area contributed by atoms with Crippen LogP contribution in [0.2, 0.25) is 10.0 Å². The SMILES string of the molecule is NNC(CSc1ccccc1Cl)Cc1cccc(Cl)c1F. The van der Waals surface area contributed by atoms with Gasteiger partial charge in [0.2, 0.25) is 0 Å². The first-order valence-corrected chi connectivity index (χ1v) is 8.12. The molecule has 3 N–H and O–H groups in total. The smallest absolute Gasteiger partial charge is 0.145 e. The number of hydrogen-bond acceptors (Lipinski definition) is 3. The molecule has 0 aliphatic heterocycles. The highest BCUT2D eigenvalue weighted by Gasteiger charge is 2.14. The van der Waals surface area contributed by atoms with E-state index in [1.807, 2.05) is 24.3 Å². The Balaban J connectivity index is 2.01. The molecule has 0 spiro atoms. The molecular formula is C15H15Cl2FN2S. The Kier molecular flexibility index (Phi) is 6.33. The summed E-state index contributed by atoms with van der Waals surface area (Å²) in [6.07, 6.45) is 0.459. The summed E-state index contributed by atoms with van der Waals surface area (Å²) >= 11 is 13.5. The summed E-state index contributed by atoms with van der Waals surface area (Å²) in [5.41, 5.74) is 3.26. The maximum absolute atomic E-state index is 13.9. The van der Waals surface area contributed by atoms with Gasteiger partial charge in [-0.3, -0.25) is 11.3 Å². The standard InChI is InChI=1S/C15H15Cl2FN2S/c16-12-5-1-2-7-14(12)21-9-11(20-19)8-10-4-3-6-13(17)15(10)18/h1-7,11,20H,8-9,19H2. The van der Waals surface area contributed by atoms with E-state index >= 15 is 0 Å². The minimum Gasteiger partial charge on any atom is -0.271 e. The van der Waals surface area contributed by atoms with E-state index in [4.69, 9.17) is 29.0 Å². The molecule has 6 heteroatoms. The van der Waals surface area contributed by atoms with Gasteiger partial charge in [0.05, 0.1) is 10.0 Å². The lowest BCUT2D eigenvalue weighted by molar-refractivity contribution is 0.547. The summed E-state index contributed by atoms with van der Waals surface area (Å²) in [6, 6.07) is 12.5. The van der Waals surface area contributed by atoms with Crippen molar-refractivity contribution in [2.75, 3.05) is 5.75 Å². The van der Waals surface area contributed by atoms with Crippen molar-refractivity contribution >= 4 is 35.0 Å². The molecule has 0 aromatic heterocycles. The summed E-state index contributed by atoms with van der Waals surface area (Å²) in [4.78, 5) is 0.978. The monoisotopic (exact) mass is 344 g/mol. The highest BCUT2D eigenvalue weighted by Crippen LogP contribution is 2.28. The fraction of sp³-hybridized carbons (Fsp3) is 0.200. The molecule has 2 aromatic carbocycles. The molecular weight excluding hydrogens is 330 g/mol. The molecule has 0 radical (unpaired) electrons. The van der Waals surface area contributed by atoms with Crippen LogP contribution in [-0.2, 0) is 6.42 Å². The first-order chi connectivity index (χ1) is 10.1. The quantitative estimate of drug-likeness (QED) is 0.466. The lowest BCUT2D eigenvalue weighted by Crippen LogP contribution is -2.38. The maximum atomic E-state index is 13.9. The fourth-order valence-electron chi connectivity index (χ4n) is 1.89. The summed E-state index contributed by atoms with van der Waals surface area (Å²) in [7, 11) is 0. The Morgan fingerprint density at radius 2 is 1.81 bits per heavy atom. The Hall–Kier alpha value is -0.780. The normalized spacial score (nSPS) is 12.4. The van der Waals surface area contributed by atoms with Crippen LogP contribution in [-0.4, -0.2) is 11.8 Å². The number of hydrogen-bond donors (Lipinski definition) is 2. The minimum absolute atomic E-state index is 0.0840. The minimum atomic E-state index is -0.387. The van der Waals surface area contributed by atoms with Crippen molar-refractivity contribution in [1.82, 2.24) is 5.43 Å². The van der Waals surface area contributed by atoms with Gasteiger partial charge in [-0.25, -0.2) is 4.39 Å². The molecule has 2 rings (SSSR count). The van der Waals surface area contributed by atoms with E-state index in [1.54, 1.807) is 23.9 Å². The molecule has 1 unspecified atom stereocenters. The number of nitrogens with two attached hydrogens (primary N) is 1. The van der Waals surface area contributed by atoms with Crippen LogP contribution in [0.4, 0.5) is 4.39 Å². The highest BCUT2D eigenvalue weighted by atomic mass is 35.5. The third-order valence-electron chi connectivity index (χ3n) is 3.01. The second kappa shape index (κ2) is 8.01. The molecule has 0 saturated carbocycles. The number of nitrogens with one attached hydrogen (secondary N) is 1. The van der Waals surface area contributed by atoms with Crippen LogP contribution in [0.1, 0.15) is 5.56 Å². The third-order valence-corrected chi connectivity index (χ3v) is 4.98. The zero-order chi connectivity index (χ0) is 15.2. The molecule has 0 heterocycles. The molecule has 0 amide bonds. The Bertz CT molecular complexity index is 610. The number of thioether (sulfide) groups is 1. The topological polar surface area (TPSA) is 38.0 Å². The fourth-order valence-corrected chi connectivity index (χ4v) is 3.36. The zero-order valence-corrected chi connectivity index (χ0v) is 13.5. The molecule has 21 heavy (non-hydrogen) atoms. The lowest BCUT2D eigenvalue weighted by Gasteiger charge is -2.16. The van der Waals surface area contributed by atoms with Crippen LogP contribution in [0.5, 0.6) is 0 Å². The predicted molar refractivity (Wildman–Crippen MR) is 88.4 cm³/mol. The number of rotatable bonds is 6. The van der Waals surface area contributed by atoms with Gasteiger partial charge < -0.3 is 0 Å². The third kappa shape index (κ3) is 4.59. The second-order valence-corrected chi connectivity index (χ2v) is 6.40. The van der Waals surface area contributed by atoms with E-state index < -0.39 is 0 Å². The van der Waals surface area contributed by atoms with Crippen molar-refractivity contribution in [3.63, 3.8) is 0 Å². The van der Waals surface area contributed by atoms with Gasteiger partial charge in [0.15, 0.2) is 0 Å². The highest BCUT2D eigenvalue weighted by molar-refractivity contribution is 7.99. The second-order valence-electron chi connectivity index (χ2n) is 4.52. The molecule has 0 saturated heterocycles. The van der Waals surface area contributed by atoms with E-state index in [1.165, 1.54) is 6.07 Å². The van der Waals surface area contributed by atoms with Crippen molar-refractivity contribution in [3.05, 3.63) is 63.9 Å². The van der Waals surface area contributed by atoms with E-state index in [0.717, 1.165) is 4.90 Å². The van der Waals surface area contributed by atoms with Gasteiger partial charge in [0, 0.05) is 16.7 Å². The molecule has 0 aliphatic carbocycles. The van der Waals surface area contributed by atoms with Crippen molar-refractivity contribution in [1.29, 1.82) is 0 Å². The molecule has 0 aliphatic rings. The summed E-state index contributed by atoms with van der Waals surface area (Å²) in [5, 5.41) is 0.828. The van der Waals surface area contributed by atoms with Gasteiger partial charge in [-0.15, -0.1) is 11.8 Å². The van der Waals surface area contributed by atoms with Gasteiger partial charge >= 0.3 is 0 Å². The Labute approximate surface area is 137 Å². The van der Waals surface area contributed by atoms with Gasteiger partial charge in [0.25, 0.3) is 0 Å². The van der Waals surface area contributed by atoms with Crippen LogP contribution >= 0.6 is 35.0 Å². The summed E-state index contributed by atoms with van der Waals surface area (Å²) < 4.78 is 13.9. The maximum Gasteiger partial charge on any atom is 0.145 e. The van der Waals surface area contributed by atoms with Gasteiger partial charge in [-0.05, 0) is 30.2 Å². The van der Waals surface area contributed by atoms with Crippen LogP contribution in [0.15, 0.2) is 47.4 Å². The zero-order valence-electron chi connectivity index (χ0n) is 11.2. The molecule has 112 valence electrons. The van der Waals surface area contributed by atoms with E-state index in [0.29, 0.717) is 22.8 Å². The summed E-state index contributed by atoms with van der Waals surface area (Å²) in [6.45, 7) is 0. The predicted octanol–water partition coefficient (Wildman–Crippen LogP) is 4.30. The first-order valence-electron chi connectivity index (χ1n) is 6.38. The first kappa shape index (κ1) is 16.6. The van der Waals surface area contributed by atoms with E-state index in [2.05, 4.69) is 5.43 Å². The van der Waals surface area contributed by atoms with Crippen LogP contribution in [0, 0.1) is 5.82 Å². The summed E-state index contributed by atoms with van der Waals surface area (Å²) in [5.74, 6) is 5.85. The Morgan fingerprint density at radius 3 is 2.52 bits per heavy atom. The average Bonchev–Trinajstić information content (AvgIpc) is 2.49. The molecule has 0 fully saturated rings. The van der Waals surface area contributed by atoms with Crippen molar-refractivity contribution in [2.45, 2.75) is 17.4 Å². The largest absolute Gasteiger partial charge is 0.271 e. The van der Waals surface area contributed by atoms with Crippen molar-refractivity contribution in [3.8, 4) is 0 Å². The molecule has 2 nitrogen and oxygen atoms in total. The number of hydrazine groups is 1.